The highest BCUT2D eigenvalue weighted by atomic mass is 79.9. The summed E-state index contributed by atoms with van der Waals surface area (Å²) in [4.78, 5) is 11.1. The molecule has 0 heterocycles. The van der Waals surface area contributed by atoms with Crippen LogP contribution in [0.3, 0.4) is 0 Å². The van der Waals surface area contributed by atoms with E-state index in [1.807, 2.05) is 0 Å². The van der Waals surface area contributed by atoms with E-state index < -0.39 is 0 Å². The highest BCUT2D eigenvalue weighted by molar-refractivity contribution is 9.10. The second kappa shape index (κ2) is 3.69. The molecule has 0 N–H and O–H groups in total. The van der Waals surface area contributed by atoms with Crippen molar-refractivity contribution in [2.24, 2.45) is 0 Å². The van der Waals surface area contributed by atoms with Gasteiger partial charge < -0.3 is 4.79 Å². The van der Waals surface area contributed by atoms with Crippen LogP contribution in [0.4, 0.5) is 0 Å². The zero-order valence-corrected chi connectivity index (χ0v) is 11.6. The van der Waals surface area contributed by atoms with Gasteiger partial charge in [-0.1, -0.05) is 42.8 Å². The first kappa shape index (κ1) is 11.8. The van der Waals surface area contributed by atoms with Crippen LogP contribution in [-0.2, 0) is 15.6 Å². The Morgan fingerprint density at radius 2 is 1.88 bits per heavy atom. The fourth-order valence-electron chi connectivity index (χ4n) is 1.92. The Morgan fingerprint density at radius 3 is 2.31 bits per heavy atom. The average molecular weight is 281 g/mol. The molecule has 2 heteroatoms. The molecule has 0 atom stereocenters. The molecule has 16 heavy (non-hydrogen) atoms. The van der Waals surface area contributed by atoms with Crippen molar-refractivity contribution in [2.45, 2.75) is 44.4 Å². The molecule has 1 nitrogen and oxygen atoms in total. The van der Waals surface area contributed by atoms with E-state index in [2.05, 4.69) is 54.9 Å². The molecule has 0 amide bonds. The van der Waals surface area contributed by atoms with Gasteiger partial charge in [0.2, 0.25) is 0 Å². The number of aldehydes is 1. The highest BCUT2D eigenvalue weighted by Crippen LogP contribution is 2.47. The maximum Gasteiger partial charge on any atom is 0.130 e. The largest absolute Gasteiger partial charge is 0.302 e. The van der Waals surface area contributed by atoms with Gasteiger partial charge in [0.15, 0.2) is 0 Å². The Bertz CT molecular complexity index is 425. The number of hydrogen-bond donors (Lipinski definition) is 0. The number of halogens is 1. The molecule has 86 valence electrons. The van der Waals surface area contributed by atoms with Crippen LogP contribution in [0.15, 0.2) is 22.7 Å². The summed E-state index contributed by atoms with van der Waals surface area (Å²) in [7, 11) is 0. The lowest BCUT2D eigenvalue weighted by molar-refractivity contribution is -0.109. The van der Waals surface area contributed by atoms with Crippen LogP contribution in [0.1, 0.15) is 44.7 Å². The van der Waals surface area contributed by atoms with E-state index in [1.165, 1.54) is 11.1 Å². The van der Waals surface area contributed by atoms with Gasteiger partial charge in [-0.3, -0.25) is 0 Å². The van der Waals surface area contributed by atoms with E-state index in [0.29, 0.717) is 0 Å². The summed E-state index contributed by atoms with van der Waals surface area (Å²) >= 11 is 3.54. The molecule has 2 rings (SSSR count). The van der Waals surface area contributed by atoms with Crippen LogP contribution >= 0.6 is 15.9 Å². The first-order chi connectivity index (χ1) is 7.37. The van der Waals surface area contributed by atoms with E-state index in [0.717, 1.165) is 23.6 Å². The Kier molecular flexibility index (Phi) is 2.73. The first-order valence-electron chi connectivity index (χ1n) is 5.65. The molecular weight excluding hydrogens is 264 g/mol. The molecule has 0 radical (unpaired) electrons. The van der Waals surface area contributed by atoms with Gasteiger partial charge in [-0.05, 0) is 41.5 Å². The Hall–Kier alpha value is -0.630. The van der Waals surface area contributed by atoms with Crippen LogP contribution in [-0.4, -0.2) is 6.29 Å². The Morgan fingerprint density at radius 1 is 1.25 bits per heavy atom. The Balaban J connectivity index is 2.49. The molecule has 1 aliphatic carbocycles. The van der Waals surface area contributed by atoms with Gasteiger partial charge in [-0.2, -0.15) is 0 Å². The summed E-state index contributed by atoms with van der Waals surface area (Å²) in [6.07, 6.45) is 3.11. The van der Waals surface area contributed by atoms with Crippen molar-refractivity contribution < 1.29 is 4.79 Å². The van der Waals surface area contributed by atoms with Gasteiger partial charge in [0.05, 0.1) is 5.41 Å². The molecule has 1 saturated carbocycles. The molecule has 0 spiro atoms. The van der Waals surface area contributed by atoms with E-state index in [-0.39, 0.29) is 10.8 Å². The third-order valence-corrected chi connectivity index (χ3v) is 3.81. The molecule has 0 saturated heterocycles. The summed E-state index contributed by atoms with van der Waals surface area (Å²) in [5.74, 6) is 0. The number of rotatable bonds is 2. The van der Waals surface area contributed by atoms with Gasteiger partial charge in [-0.15, -0.1) is 0 Å². The molecule has 0 unspecified atom stereocenters. The summed E-state index contributed by atoms with van der Waals surface area (Å²) < 4.78 is 1.07. The van der Waals surface area contributed by atoms with Crippen molar-refractivity contribution in [3.8, 4) is 0 Å². The summed E-state index contributed by atoms with van der Waals surface area (Å²) in [5.41, 5.74) is 2.40. The van der Waals surface area contributed by atoms with Crippen LogP contribution in [0.5, 0.6) is 0 Å². The van der Waals surface area contributed by atoms with Gasteiger partial charge in [-0.25, -0.2) is 0 Å². The third-order valence-electron chi connectivity index (χ3n) is 3.35. The molecule has 1 aliphatic rings. The first-order valence-corrected chi connectivity index (χ1v) is 6.45. The van der Waals surface area contributed by atoms with Crippen molar-refractivity contribution >= 4 is 22.2 Å². The van der Waals surface area contributed by atoms with Crippen LogP contribution in [0.2, 0.25) is 0 Å². The number of benzene rings is 1. The molecule has 0 aromatic heterocycles. The second-order valence-corrected chi connectivity index (χ2v) is 6.67. The number of carbonyl (C=O) groups is 1. The SMILES string of the molecule is CC(C)(C)c1cc(Br)cc(C2(C=O)CC2)c1. The third kappa shape index (κ3) is 2.08. The lowest BCUT2D eigenvalue weighted by atomic mass is 9.84. The average Bonchev–Trinajstić information content (AvgIpc) is 2.96. The van der Waals surface area contributed by atoms with Gasteiger partial charge in [0.1, 0.15) is 6.29 Å². The lowest BCUT2D eigenvalue weighted by Gasteiger charge is -2.21. The fourth-order valence-corrected chi connectivity index (χ4v) is 2.41. The minimum atomic E-state index is -0.177. The molecule has 0 aliphatic heterocycles. The predicted molar refractivity (Wildman–Crippen MR) is 69.8 cm³/mol. The normalized spacial score (nSPS) is 18.2. The van der Waals surface area contributed by atoms with Crippen molar-refractivity contribution in [3.63, 3.8) is 0 Å². The van der Waals surface area contributed by atoms with E-state index in [9.17, 15) is 4.79 Å². The lowest BCUT2D eigenvalue weighted by Crippen LogP contribution is -2.14. The topological polar surface area (TPSA) is 17.1 Å². The zero-order chi connectivity index (χ0) is 12.0. The van der Waals surface area contributed by atoms with E-state index in [4.69, 9.17) is 0 Å². The van der Waals surface area contributed by atoms with E-state index in [1.54, 1.807) is 0 Å². The van der Waals surface area contributed by atoms with Gasteiger partial charge >= 0.3 is 0 Å². The van der Waals surface area contributed by atoms with Crippen LogP contribution in [0, 0.1) is 0 Å². The minimum absolute atomic E-state index is 0.123. The minimum Gasteiger partial charge on any atom is -0.302 e. The van der Waals surface area contributed by atoms with E-state index >= 15 is 0 Å². The maximum atomic E-state index is 11.1. The standard InChI is InChI=1S/C14H17BrO/c1-13(2,3)10-6-11(8-12(15)7-10)14(9-16)4-5-14/h6-9H,4-5H2,1-3H3. The molecule has 1 fully saturated rings. The van der Waals surface area contributed by atoms with Crippen molar-refractivity contribution in [2.75, 3.05) is 0 Å². The molecule has 1 aromatic rings. The summed E-state index contributed by atoms with van der Waals surface area (Å²) in [6.45, 7) is 6.58. The zero-order valence-electron chi connectivity index (χ0n) is 10.0. The van der Waals surface area contributed by atoms with Crippen molar-refractivity contribution in [3.05, 3.63) is 33.8 Å². The molecule has 0 bridgehead atoms. The highest BCUT2D eigenvalue weighted by Gasteiger charge is 2.44. The molecular formula is C14H17BrO. The quantitative estimate of drug-likeness (QED) is 0.749. The van der Waals surface area contributed by atoms with Gasteiger partial charge in [0, 0.05) is 4.47 Å². The van der Waals surface area contributed by atoms with Crippen LogP contribution < -0.4 is 0 Å². The summed E-state index contributed by atoms with van der Waals surface area (Å²) in [5, 5.41) is 0. The van der Waals surface area contributed by atoms with Gasteiger partial charge in [0.25, 0.3) is 0 Å². The second-order valence-electron chi connectivity index (χ2n) is 5.75. The van der Waals surface area contributed by atoms with Crippen molar-refractivity contribution in [1.29, 1.82) is 0 Å². The Labute approximate surface area is 105 Å². The maximum absolute atomic E-state index is 11.1. The smallest absolute Gasteiger partial charge is 0.130 e. The fraction of sp³-hybridized carbons (Fsp3) is 0.500. The van der Waals surface area contributed by atoms with Crippen LogP contribution in [0.25, 0.3) is 0 Å². The predicted octanol–water partition coefficient (Wildman–Crippen LogP) is 3.98. The number of hydrogen-bond acceptors (Lipinski definition) is 1. The number of carbonyl (C=O) groups excluding carboxylic acids is 1. The molecule has 1 aromatic carbocycles. The summed E-state index contributed by atoms with van der Waals surface area (Å²) in [6, 6.07) is 6.41. The van der Waals surface area contributed by atoms with Crippen molar-refractivity contribution in [1.82, 2.24) is 0 Å². The monoisotopic (exact) mass is 280 g/mol.